The van der Waals surface area contributed by atoms with Crippen LogP contribution in [0.5, 0.6) is 23.0 Å². The molecular formula is C25H29NO6. The summed E-state index contributed by atoms with van der Waals surface area (Å²) in [6, 6.07) is 11.7. The van der Waals surface area contributed by atoms with Crippen molar-refractivity contribution in [1.29, 1.82) is 0 Å². The molecule has 0 aromatic heterocycles. The van der Waals surface area contributed by atoms with E-state index >= 15 is 0 Å². The number of benzene rings is 2. The summed E-state index contributed by atoms with van der Waals surface area (Å²) in [5.74, 6) is 1.72. The summed E-state index contributed by atoms with van der Waals surface area (Å²) in [4.78, 5) is 15.8. The summed E-state index contributed by atoms with van der Waals surface area (Å²) >= 11 is 0. The summed E-state index contributed by atoms with van der Waals surface area (Å²) in [6.07, 6.45) is 2.16. The number of ether oxygens (including phenoxy) is 5. The average molecular weight is 440 g/mol. The van der Waals surface area contributed by atoms with Crippen molar-refractivity contribution in [3.63, 3.8) is 0 Å². The second kappa shape index (κ2) is 8.20. The number of rotatable bonds is 5. The minimum atomic E-state index is -0.853. The minimum absolute atomic E-state index is 0.177. The fourth-order valence-electron chi connectivity index (χ4n) is 5.24. The molecule has 3 aliphatic rings. The van der Waals surface area contributed by atoms with Crippen LogP contribution in [0.4, 0.5) is 0 Å². The van der Waals surface area contributed by atoms with Crippen LogP contribution in [-0.2, 0) is 9.53 Å². The third-order valence-corrected chi connectivity index (χ3v) is 6.82. The van der Waals surface area contributed by atoms with Crippen LogP contribution in [0.15, 0.2) is 36.4 Å². The van der Waals surface area contributed by atoms with E-state index in [1.807, 2.05) is 50.2 Å². The Labute approximate surface area is 188 Å². The maximum atomic E-state index is 13.5. The molecule has 32 heavy (non-hydrogen) atoms. The van der Waals surface area contributed by atoms with Crippen LogP contribution in [-0.4, -0.2) is 50.2 Å². The number of esters is 1. The van der Waals surface area contributed by atoms with Crippen molar-refractivity contribution in [2.75, 3.05) is 33.6 Å². The molecule has 7 nitrogen and oxygen atoms in total. The molecule has 2 aromatic carbocycles. The smallest absolute Gasteiger partial charge is 0.315 e. The highest BCUT2D eigenvalue weighted by Gasteiger charge is 2.56. The molecule has 0 aliphatic carbocycles. The molecule has 0 unspecified atom stereocenters. The van der Waals surface area contributed by atoms with E-state index in [1.54, 1.807) is 7.11 Å². The molecule has 0 amide bonds. The topological polar surface area (TPSA) is 66.5 Å². The molecule has 7 heteroatoms. The SMILES string of the molecule is CCOC(=O)[C@@H]1[C@H](c2ccc(OC)cc2)c2cc3c(cc2O[C@@]1(C)N1CCCC1)OCO3. The molecule has 1 saturated heterocycles. The average Bonchev–Trinajstić information content (AvgIpc) is 3.49. The van der Waals surface area contributed by atoms with Gasteiger partial charge in [0.15, 0.2) is 17.2 Å². The van der Waals surface area contributed by atoms with Gasteiger partial charge in [-0.3, -0.25) is 9.69 Å². The first-order valence-corrected chi connectivity index (χ1v) is 11.2. The Morgan fingerprint density at radius 1 is 1.09 bits per heavy atom. The summed E-state index contributed by atoms with van der Waals surface area (Å²) in [6.45, 7) is 6.10. The van der Waals surface area contributed by atoms with Crippen LogP contribution in [0.1, 0.15) is 43.7 Å². The Morgan fingerprint density at radius 2 is 1.78 bits per heavy atom. The van der Waals surface area contributed by atoms with Crippen molar-refractivity contribution >= 4 is 5.97 Å². The monoisotopic (exact) mass is 439 g/mol. The number of methoxy groups -OCH3 is 1. The zero-order chi connectivity index (χ0) is 22.3. The molecule has 3 atom stereocenters. The van der Waals surface area contributed by atoms with Crippen molar-refractivity contribution in [3.05, 3.63) is 47.5 Å². The standard InChI is InChI=1S/C25H29NO6/c1-4-29-24(27)23-22(16-7-9-17(28-3)10-8-16)18-13-20-21(31-15-30-20)14-19(18)32-25(23,2)26-11-5-6-12-26/h7-10,13-14,22-23H,4-6,11-12,15H2,1-3H3/t22-,23+,25-/m1/s1. The summed E-state index contributed by atoms with van der Waals surface area (Å²) in [7, 11) is 1.64. The minimum Gasteiger partial charge on any atom is -0.497 e. The van der Waals surface area contributed by atoms with Crippen molar-refractivity contribution in [2.45, 2.75) is 38.3 Å². The van der Waals surface area contributed by atoms with Crippen molar-refractivity contribution in [2.24, 2.45) is 5.92 Å². The fraction of sp³-hybridized carbons (Fsp3) is 0.480. The van der Waals surface area contributed by atoms with Crippen molar-refractivity contribution in [3.8, 4) is 23.0 Å². The number of nitrogens with zero attached hydrogens (tertiary/aromatic N) is 1. The highest BCUT2D eigenvalue weighted by atomic mass is 16.7. The normalized spacial score (nSPS) is 26.3. The Balaban J connectivity index is 1.70. The Hall–Kier alpha value is -2.93. The second-order valence-corrected chi connectivity index (χ2v) is 8.57. The maximum Gasteiger partial charge on any atom is 0.315 e. The Kier molecular flexibility index (Phi) is 5.37. The second-order valence-electron chi connectivity index (χ2n) is 8.57. The molecule has 0 N–H and O–H groups in total. The van der Waals surface area contributed by atoms with E-state index in [0.717, 1.165) is 42.8 Å². The summed E-state index contributed by atoms with van der Waals surface area (Å²) < 4.78 is 28.9. The predicted molar refractivity (Wildman–Crippen MR) is 117 cm³/mol. The van der Waals surface area contributed by atoms with Gasteiger partial charge in [0.05, 0.1) is 13.7 Å². The molecule has 3 aliphatic heterocycles. The van der Waals surface area contributed by atoms with Crippen LogP contribution in [0.25, 0.3) is 0 Å². The van der Waals surface area contributed by atoms with Crippen molar-refractivity contribution < 1.29 is 28.5 Å². The third kappa shape index (κ3) is 3.35. The molecule has 3 heterocycles. The van der Waals surface area contributed by atoms with Gasteiger partial charge >= 0.3 is 5.97 Å². The summed E-state index contributed by atoms with van der Waals surface area (Å²) in [5.41, 5.74) is 1.04. The lowest BCUT2D eigenvalue weighted by molar-refractivity contribution is -0.174. The van der Waals surface area contributed by atoms with Gasteiger partial charge in [-0.2, -0.15) is 0 Å². The highest BCUT2D eigenvalue weighted by Crippen LogP contribution is 2.53. The molecular weight excluding hydrogens is 410 g/mol. The van der Waals surface area contributed by atoms with Crippen LogP contribution in [0, 0.1) is 5.92 Å². The van der Waals surface area contributed by atoms with Gasteiger partial charge in [0.25, 0.3) is 0 Å². The maximum absolute atomic E-state index is 13.5. The van der Waals surface area contributed by atoms with Gasteiger partial charge in [0.1, 0.15) is 17.4 Å². The van der Waals surface area contributed by atoms with Crippen molar-refractivity contribution in [1.82, 2.24) is 4.90 Å². The first-order valence-electron chi connectivity index (χ1n) is 11.2. The number of carbonyl (C=O) groups is 1. The number of hydrogen-bond donors (Lipinski definition) is 0. The molecule has 1 fully saturated rings. The largest absolute Gasteiger partial charge is 0.497 e. The van der Waals surface area contributed by atoms with E-state index in [2.05, 4.69) is 4.90 Å². The van der Waals surface area contributed by atoms with Crippen LogP contribution in [0.3, 0.4) is 0 Å². The van der Waals surface area contributed by atoms with Gasteiger partial charge in [-0.05, 0) is 50.5 Å². The lowest BCUT2D eigenvalue weighted by Crippen LogP contribution is -2.61. The zero-order valence-electron chi connectivity index (χ0n) is 18.8. The van der Waals surface area contributed by atoms with E-state index in [4.69, 9.17) is 23.7 Å². The van der Waals surface area contributed by atoms with Crippen LogP contribution in [0.2, 0.25) is 0 Å². The van der Waals surface area contributed by atoms with Gasteiger partial charge in [-0.1, -0.05) is 12.1 Å². The van der Waals surface area contributed by atoms with Gasteiger partial charge in [0.2, 0.25) is 6.79 Å². The van der Waals surface area contributed by atoms with Gasteiger partial charge in [-0.15, -0.1) is 0 Å². The number of fused-ring (bicyclic) bond motifs is 2. The Bertz CT molecular complexity index is 1000. The third-order valence-electron chi connectivity index (χ3n) is 6.82. The number of carbonyl (C=O) groups excluding carboxylic acids is 1. The molecule has 5 rings (SSSR count). The lowest BCUT2D eigenvalue weighted by Gasteiger charge is -2.49. The number of hydrogen-bond acceptors (Lipinski definition) is 7. The van der Waals surface area contributed by atoms with Gasteiger partial charge in [-0.25, -0.2) is 0 Å². The van der Waals surface area contributed by atoms with Gasteiger partial charge < -0.3 is 23.7 Å². The molecule has 0 saturated carbocycles. The van der Waals surface area contributed by atoms with Crippen LogP contribution >= 0.6 is 0 Å². The molecule has 170 valence electrons. The van der Waals surface area contributed by atoms with E-state index in [9.17, 15) is 4.79 Å². The molecule has 0 radical (unpaired) electrons. The van der Waals surface area contributed by atoms with E-state index in [-0.39, 0.29) is 18.7 Å². The van der Waals surface area contributed by atoms with E-state index in [1.165, 1.54) is 0 Å². The quantitative estimate of drug-likeness (QED) is 0.654. The molecule has 0 spiro atoms. The van der Waals surface area contributed by atoms with Gasteiger partial charge in [0, 0.05) is 30.6 Å². The first-order chi connectivity index (χ1) is 15.5. The first kappa shape index (κ1) is 20.9. The lowest BCUT2D eigenvalue weighted by atomic mass is 9.72. The van der Waals surface area contributed by atoms with E-state index in [0.29, 0.717) is 23.9 Å². The zero-order valence-corrected chi connectivity index (χ0v) is 18.8. The van der Waals surface area contributed by atoms with E-state index < -0.39 is 11.6 Å². The predicted octanol–water partition coefficient (Wildman–Crippen LogP) is 3.94. The summed E-state index contributed by atoms with van der Waals surface area (Å²) in [5, 5.41) is 0. The Morgan fingerprint density at radius 3 is 2.44 bits per heavy atom. The number of likely N-dealkylation sites (tertiary alicyclic amines) is 1. The molecule has 0 bridgehead atoms. The fourth-order valence-corrected chi connectivity index (χ4v) is 5.24. The van der Waals surface area contributed by atoms with Crippen LogP contribution < -0.4 is 18.9 Å². The highest BCUT2D eigenvalue weighted by molar-refractivity contribution is 5.78. The molecule has 2 aromatic rings.